The van der Waals surface area contributed by atoms with Gasteiger partial charge in [0.2, 0.25) is 0 Å². The molecule has 2 aliphatic heterocycles. The van der Waals surface area contributed by atoms with Crippen molar-refractivity contribution in [2.45, 2.75) is 57.4 Å². The highest BCUT2D eigenvalue weighted by atomic mass is 19.4. The maximum atomic E-state index is 13.9. The Labute approximate surface area is 267 Å². The third kappa shape index (κ3) is 6.85. The number of aromatic carboxylic acids is 1. The lowest BCUT2D eigenvalue weighted by Gasteiger charge is -2.33. The lowest BCUT2D eigenvalue weighted by Crippen LogP contribution is -2.39. The summed E-state index contributed by atoms with van der Waals surface area (Å²) in [6.45, 7) is 3.34. The molecule has 4 heterocycles. The summed E-state index contributed by atoms with van der Waals surface area (Å²) in [4.78, 5) is 19.7. The standard InChI is InChI=1S/C34H33F6N5O2/c1-2-22-17-21(9-10-25(22)23-11-14-43(15-12-23)20-33(35,36)37)19-44-16-13-24-5-3-6-26(30(24)44)28-7-4-8-29(42-28)45-31(34(38,39)40)27(18-41-45)32(46)47/h3-10,17-18,23H,2,11-16,19-20H2,1H3,(H,46,47). The highest BCUT2D eigenvalue weighted by Gasteiger charge is 2.41. The van der Waals surface area contributed by atoms with Gasteiger partial charge in [0.05, 0.1) is 18.4 Å². The summed E-state index contributed by atoms with van der Waals surface area (Å²) in [5.74, 6) is -1.68. The van der Waals surface area contributed by atoms with Gasteiger partial charge in [0, 0.05) is 24.3 Å². The summed E-state index contributed by atoms with van der Waals surface area (Å²) in [6, 6.07) is 16.8. The number of carboxylic acids is 1. The molecule has 0 radical (unpaired) electrons. The SMILES string of the molecule is CCc1cc(CN2CCc3cccc(-c4cccc(-n5ncc(C(=O)O)c5C(F)(F)F)n4)c32)ccc1C1CCN(CC(F)(F)F)CC1. The predicted molar refractivity (Wildman–Crippen MR) is 164 cm³/mol. The van der Waals surface area contributed by atoms with Crippen LogP contribution >= 0.6 is 0 Å². The first-order valence-corrected chi connectivity index (χ1v) is 15.5. The van der Waals surface area contributed by atoms with Gasteiger partial charge in [-0.2, -0.15) is 31.4 Å². The number of alkyl halides is 6. The van der Waals surface area contributed by atoms with Crippen molar-refractivity contribution in [3.05, 3.63) is 94.3 Å². The summed E-state index contributed by atoms with van der Waals surface area (Å²) in [5, 5.41) is 13.0. The van der Waals surface area contributed by atoms with Crippen LogP contribution in [0, 0.1) is 0 Å². The molecule has 248 valence electrons. The molecule has 0 unspecified atom stereocenters. The van der Waals surface area contributed by atoms with E-state index in [1.54, 1.807) is 12.1 Å². The molecule has 6 rings (SSSR count). The molecule has 2 aliphatic rings. The fourth-order valence-corrected chi connectivity index (χ4v) is 6.88. The van der Waals surface area contributed by atoms with Crippen LogP contribution in [0.15, 0.2) is 60.8 Å². The van der Waals surface area contributed by atoms with Gasteiger partial charge >= 0.3 is 18.3 Å². The molecule has 0 spiro atoms. The van der Waals surface area contributed by atoms with Crippen molar-refractivity contribution in [3.63, 3.8) is 0 Å². The molecule has 1 saturated heterocycles. The molecule has 4 aromatic rings. The minimum Gasteiger partial charge on any atom is -0.478 e. The smallest absolute Gasteiger partial charge is 0.434 e. The van der Waals surface area contributed by atoms with E-state index >= 15 is 0 Å². The number of benzene rings is 2. The number of carbonyl (C=O) groups is 1. The molecule has 0 saturated carbocycles. The van der Waals surface area contributed by atoms with Crippen molar-refractivity contribution in [2.75, 3.05) is 31.1 Å². The first-order chi connectivity index (χ1) is 22.3. The molecule has 0 amide bonds. The molecular weight excluding hydrogens is 624 g/mol. The number of aryl methyl sites for hydroxylation is 1. The second-order valence-corrected chi connectivity index (χ2v) is 12.0. The Hall–Kier alpha value is -4.39. The van der Waals surface area contributed by atoms with Gasteiger partial charge in [-0.15, -0.1) is 0 Å². The Morgan fingerprint density at radius 3 is 2.40 bits per heavy atom. The first-order valence-electron chi connectivity index (χ1n) is 15.5. The number of fused-ring (bicyclic) bond motifs is 1. The number of pyridine rings is 1. The number of carboxylic acid groups (broad SMARTS) is 1. The molecule has 13 heteroatoms. The van der Waals surface area contributed by atoms with Gasteiger partial charge in [0.15, 0.2) is 11.5 Å². The summed E-state index contributed by atoms with van der Waals surface area (Å²) in [7, 11) is 0. The van der Waals surface area contributed by atoms with Crippen LogP contribution in [0.25, 0.3) is 17.1 Å². The van der Waals surface area contributed by atoms with E-state index in [-0.39, 0.29) is 11.7 Å². The average molecular weight is 658 g/mol. The number of halogens is 6. The second-order valence-electron chi connectivity index (χ2n) is 12.0. The fourth-order valence-electron chi connectivity index (χ4n) is 6.88. The number of anilines is 1. The number of likely N-dealkylation sites (tertiary alicyclic amines) is 1. The van der Waals surface area contributed by atoms with Gasteiger partial charge < -0.3 is 10.0 Å². The van der Waals surface area contributed by atoms with Crippen LogP contribution in [-0.4, -0.2) is 63.1 Å². The minimum absolute atomic E-state index is 0.156. The largest absolute Gasteiger partial charge is 0.478 e. The van der Waals surface area contributed by atoms with Crippen molar-refractivity contribution >= 4 is 11.7 Å². The van der Waals surface area contributed by atoms with E-state index < -0.39 is 36.1 Å². The zero-order chi connectivity index (χ0) is 33.5. The van der Waals surface area contributed by atoms with Crippen LogP contribution in [0.3, 0.4) is 0 Å². The van der Waals surface area contributed by atoms with Crippen LogP contribution in [0.1, 0.15) is 64.0 Å². The van der Waals surface area contributed by atoms with Crippen molar-refractivity contribution in [1.29, 1.82) is 0 Å². The minimum atomic E-state index is -4.97. The van der Waals surface area contributed by atoms with Crippen LogP contribution in [-0.2, 0) is 25.6 Å². The predicted octanol–water partition coefficient (Wildman–Crippen LogP) is 7.52. The number of hydrogen-bond donors (Lipinski definition) is 1. The van der Waals surface area contributed by atoms with E-state index in [9.17, 15) is 36.2 Å². The summed E-state index contributed by atoms with van der Waals surface area (Å²) >= 11 is 0. The van der Waals surface area contributed by atoms with Crippen LogP contribution in [0.5, 0.6) is 0 Å². The van der Waals surface area contributed by atoms with Crippen molar-refractivity contribution in [1.82, 2.24) is 19.7 Å². The van der Waals surface area contributed by atoms with E-state index in [0.29, 0.717) is 49.0 Å². The molecular formula is C34H33F6N5O2. The number of piperidine rings is 1. The van der Waals surface area contributed by atoms with Crippen molar-refractivity contribution in [3.8, 4) is 17.1 Å². The normalized spacial score (nSPS) is 16.1. The maximum Gasteiger partial charge on any atom is 0.434 e. The molecule has 2 aromatic heterocycles. The molecule has 0 bridgehead atoms. The molecule has 7 nitrogen and oxygen atoms in total. The quantitative estimate of drug-likeness (QED) is 0.198. The Balaban J connectivity index is 1.26. The Morgan fingerprint density at radius 2 is 1.72 bits per heavy atom. The lowest BCUT2D eigenvalue weighted by atomic mass is 9.85. The topological polar surface area (TPSA) is 74.5 Å². The van der Waals surface area contributed by atoms with Crippen LogP contribution in [0.4, 0.5) is 32.0 Å². The van der Waals surface area contributed by atoms with Crippen LogP contribution < -0.4 is 4.90 Å². The zero-order valence-electron chi connectivity index (χ0n) is 25.6. The molecule has 0 aliphatic carbocycles. The van der Waals surface area contributed by atoms with Crippen LogP contribution in [0.2, 0.25) is 0 Å². The highest BCUT2D eigenvalue weighted by molar-refractivity contribution is 5.89. The highest BCUT2D eigenvalue weighted by Crippen LogP contribution is 2.40. The fraction of sp³-hybridized carbons (Fsp3) is 0.382. The molecule has 1 N–H and O–H groups in total. The van der Waals surface area contributed by atoms with E-state index in [0.717, 1.165) is 41.8 Å². The zero-order valence-corrected chi connectivity index (χ0v) is 25.6. The molecule has 1 fully saturated rings. The molecule has 47 heavy (non-hydrogen) atoms. The van der Waals surface area contributed by atoms with Crippen molar-refractivity contribution < 1.29 is 36.2 Å². The van der Waals surface area contributed by atoms with Gasteiger partial charge in [0.25, 0.3) is 0 Å². The third-order valence-corrected chi connectivity index (χ3v) is 8.97. The Bertz CT molecular complexity index is 1780. The Morgan fingerprint density at radius 1 is 0.979 bits per heavy atom. The lowest BCUT2D eigenvalue weighted by molar-refractivity contribution is -0.148. The Kier molecular flexibility index (Phi) is 8.77. The first kappa shape index (κ1) is 32.5. The van der Waals surface area contributed by atoms with Gasteiger partial charge in [-0.3, -0.25) is 4.90 Å². The second kappa shape index (κ2) is 12.7. The summed E-state index contributed by atoms with van der Waals surface area (Å²) in [5.41, 5.74) is 4.25. The third-order valence-electron chi connectivity index (χ3n) is 8.97. The monoisotopic (exact) mass is 657 g/mol. The summed E-state index contributed by atoms with van der Waals surface area (Å²) in [6.07, 6.45) is -5.56. The van der Waals surface area contributed by atoms with E-state index in [2.05, 4.69) is 40.1 Å². The van der Waals surface area contributed by atoms with Gasteiger partial charge in [-0.1, -0.05) is 49.4 Å². The number of nitrogens with zero attached hydrogens (tertiary/aromatic N) is 5. The number of hydrogen-bond acceptors (Lipinski definition) is 5. The summed E-state index contributed by atoms with van der Waals surface area (Å²) < 4.78 is 80.8. The number of para-hydroxylation sites is 1. The number of aromatic nitrogens is 3. The van der Waals surface area contributed by atoms with E-state index in [1.165, 1.54) is 22.1 Å². The molecule has 0 atom stereocenters. The van der Waals surface area contributed by atoms with Gasteiger partial charge in [-0.25, -0.2) is 14.5 Å². The van der Waals surface area contributed by atoms with Gasteiger partial charge in [0.1, 0.15) is 5.56 Å². The van der Waals surface area contributed by atoms with E-state index in [4.69, 9.17) is 0 Å². The van der Waals surface area contributed by atoms with E-state index in [1.807, 2.05) is 18.2 Å². The number of rotatable bonds is 8. The molecule has 2 aromatic carbocycles. The average Bonchev–Trinajstić information content (AvgIpc) is 3.66. The van der Waals surface area contributed by atoms with Gasteiger partial charge in [-0.05, 0) is 79.1 Å². The maximum absolute atomic E-state index is 13.9. The van der Waals surface area contributed by atoms with Crippen molar-refractivity contribution in [2.24, 2.45) is 0 Å².